The molecular formula is C13H19N3O. The maximum atomic E-state index is 11.8. The van der Waals surface area contributed by atoms with Gasteiger partial charge in [-0.05, 0) is 37.3 Å². The monoisotopic (exact) mass is 233 g/mol. The van der Waals surface area contributed by atoms with Crippen LogP contribution in [0, 0.1) is 5.92 Å². The van der Waals surface area contributed by atoms with Crippen molar-refractivity contribution in [2.45, 2.75) is 38.3 Å². The lowest BCUT2D eigenvalue weighted by atomic mass is 10.1. The molecule has 1 aromatic heterocycles. The van der Waals surface area contributed by atoms with E-state index >= 15 is 0 Å². The third kappa shape index (κ3) is 3.53. The predicted octanol–water partition coefficient (Wildman–Crippen LogP) is 1.39. The van der Waals surface area contributed by atoms with Gasteiger partial charge in [0.05, 0.1) is 6.04 Å². The standard InChI is InChI=1S/C13H19N3O/c1-9(11-3-2-6-15-8-11)16-13(17)7-12(14)10-4-5-10/h2-3,6,8-10,12H,4-5,7,14H2,1H3,(H,16,17)/t9-,12?/m0/s1. The lowest BCUT2D eigenvalue weighted by molar-refractivity contribution is -0.122. The van der Waals surface area contributed by atoms with Crippen LogP contribution < -0.4 is 11.1 Å². The van der Waals surface area contributed by atoms with Crippen LogP contribution in [0.25, 0.3) is 0 Å². The van der Waals surface area contributed by atoms with Crippen molar-refractivity contribution in [1.29, 1.82) is 0 Å². The lowest BCUT2D eigenvalue weighted by Crippen LogP contribution is -2.34. The van der Waals surface area contributed by atoms with Crippen molar-refractivity contribution in [3.05, 3.63) is 30.1 Å². The topological polar surface area (TPSA) is 68.0 Å². The molecule has 0 aromatic carbocycles. The normalized spacial score (nSPS) is 18.5. The first-order valence-corrected chi connectivity index (χ1v) is 6.11. The van der Waals surface area contributed by atoms with E-state index in [2.05, 4.69) is 10.3 Å². The Morgan fingerprint density at radius 2 is 2.41 bits per heavy atom. The SMILES string of the molecule is C[C@H](NC(=O)CC(N)C1CC1)c1cccnc1. The van der Waals surface area contributed by atoms with Gasteiger partial charge in [0.2, 0.25) is 5.91 Å². The number of nitrogens with one attached hydrogen (secondary N) is 1. The zero-order valence-corrected chi connectivity index (χ0v) is 10.1. The van der Waals surface area contributed by atoms with Gasteiger partial charge in [0, 0.05) is 24.9 Å². The molecule has 4 nitrogen and oxygen atoms in total. The van der Waals surface area contributed by atoms with Crippen molar-refractivity contribution in [2.24, 2.45) is 11.7 Å². The van der Waals surface area contributed by atoms with E-state index in [0.717, 1.165) is 5.56 Å². The summed E-state index contributed by atoms with van der Waals surface area (Å²) in [6, 6.07) is 3.84. The minimum absolute atomic E-state index is 0.0115. The summed E-state index contributed by atoms with van der Waals surface area (Å²) in [7, 11) is 0. The Kier molecular flexibility index (Phi) is 3.74. The van der Waals surface area contributed by atoms with E-state index in [1.54, 1.807) is 12.4 Å². The molecule has 4 heteroatoms. The molecule has 1 aliphatic carbocycles. The number of nitrogens with zero attached hydrogens (tertiary/aromatic N) is 1. The number of rotatable bonds is 5. The molecule has 3 N–H and O–H groups in total. The minimum atomic E-state index is -0.0115. The molecule has 0 aliphatic heterocycles. The zero-order valence-electron chi connectivity index (χ0n) is 10.1. The number of carbonyl (C=O) groups excluding carboxylic acids is 1. The largest absolute Gasteiger partial charge is 0.349 e. The van der Waals surface area contributed by atoms with E-state index in [-0.39, 0.29) is 18.0 Å². The summed E-state index contributed by atoms with van der Waals surface area (Å²) in [5.41, 5.74) is 6.94. The van der Waals surface area contributed by atoms with E-state index in [1.807, 2.05) is 19.1 Å². The third-order valence-electron chi connectivity index (χ3n) is 3.21. The van der Waals surface area contributed by atoms with Gasteiger partial charge < -0.3 is 11.1 Å². The molecule has 0 bridgehead atoms. The second-order valence-corrected chi connectivity index (χ2v) is 4.78. The van der Waals surface area contributed by atoms with Crippen molar-refractivity contribution >= 4 is 5.91 Å². The molecule has 1 aromatic rings. The highest BCUT2D eigenvalue weighted by atomic mass is 16.1. The van der Waals surface area contributed by atoms with Crippen LogP contribution in [-0.2, 0) is 4.79 Å². The molecule has 2 atom stereocenters. The van der Waals surface area contributed by atoms with Gasteiger partial charge in [-0.25, -0.2) is 0 Å². The summed E-state index contributed by atoms with van der Waals surface area (Å²) < 4.78 is 0. The first kappa shape index (κ1) is 12.0. The van der Waals surface area contributed by atoms with Crippen LogP contribution in [0.2, 0.25) is 0 Å². The van der Waals surface area contributed by atoms with E-state index in [1.165, 1.54) is 12.8 Å². The average molecular weight is 233 g/mol. The van der Waals surface area contributed by atoms with Crippen molar-refractivity contribution in [1.82, 2.24) is 10.3 Å². The Balaban J connectivity index is 1.81. The van der Waals surface area contributed by atoms with Crippen LogP contribution in [0.1, 0.15) is 37.8 Å². The van der Waals surface area contributed by atoms with Gasteiger partial charge >= 0.3 is 0 Å². The maximum Gasteiger partial charge on any atom is 0.222 e. The summed E-state index contributed by atoms with van der Waals surface area (Å²) in [5, 5.41) is 2.95. The van der Waals surface area contributed by atoms with Gasteiger partial charge in [-0.2, -0.15) is 0 Å². The Morgan fingerprint density at radius 1 is 1.65 bits per heavy atom. The van der Waals surface area contributed by atoms with E-state index in [9.17, 15) is 4.79 Å². The molecule has 1 amide bonds. The van der Waals surface area contributed by atoms with Crippen molar-refractivity contribution in [3.8, 4) is 0 Å². The number of hydrogen-bond acceptors (Lipinski definition) is 3. The number of amides is 1. The van der Waals surface area contributed by atoms with Crippen LogP contribution >= 0.6 is 0 Å². The number of aromatic nitrogens is 1. The average Bonchev–Trinajstić information content (AvgIpc) is 3.13. The molecule has 2 rings (SSSR count). The van der Waals surface area contributed by atoms with Crippen molar-refractivity contribution < 1.29 is 4.79 Å². The number of pyridine rings is 1. The van der Waals surface area contributed by atoms with Crippen LogP contribution in [0.5, 0.6) is 0 Å². The molecule has 1 aliphatic rings. The summed E-state index contributed by atoms with van der Waals surface area (Å²) in [5.74, 6) is 0.593. The summed E-state index contributed by atoms with van der Waals surface area (Å²) in [4.78, 5) is 15.8. The number of nitrogens with two attached hydrogens (primary N) is 1. The minimum Gasteiger partial charge on any atom is -0.349 e. The molecule has 92 valence electrons. The lowest BCUT2D eigenvalue weighted by Gasteiger charge is -2.16. The Bertz CT molecular complexity index is 376. The second-order valence-electron chi connectivity index (χ2n) is 4.78. The van der Waals surface area contributed by atoms with Crippen LogP contribution in [0.3, 0.4) is 0 Å². The highest BCUT2D eigenvalue weighted by molar-refractivity contribution is 5.77. The highest BCUT2D eigenvalue weighted by Crippen LogP contribution is 2.32. The zero-order chi connectivity index (χ0) is 12.3. The first-order valence-electron chi connectivity index (χ1n) is 6.11. The quantitative estimate of drug-likeness (QED) is 0.807. The third-order valence-corrected chi connectivity index (χ3v) is 3.21. The van der Waals surface area contributed by atoms with Gasteiger partial charge in [-0.15, -0.1) is 0 Å². The maximum absolute atomic E-state index is 11.8. The fourth-order valence-electron chi connectivity index (χ4n) is 1.92. The van der Waals surface area contributed by atoms with Crippen LogP contribution in [0.15, 0.2) is 24.5 Å². The molecule has 1 saturated carbocycles. The van der Waals surface area contributed by atoms with Gasteiger partial charge in [-0.3, -0.25) is 9.78 Å². The molecule has 1 fully saturated rings. The number of carbonyl (C=O) groups is 1. The van der Waals surface area contributed by atoms with Gasteiger partial charge in [0.15, 0.2) is 0 Å². The summed E-state index contributed by atoms with van der Waals surface area (Å²) in [6.07, 6.45) is 6.27. The molecular weight excluding hydrogens is 214 g/mol. The van der Waals surface area contributed by atoms with Gasteiger partial charge in [0.25, 0.3) is 0 Å². The fourth-order valence-corrected chi connectivity index (χ4v) is 1.92. The van der Waals surface area contributed by atoms with E-state index in [4.69, 9.17) is 5.73 Å². The van der Waals surface area contributed by atoms with Crippen molar-refractivity contribution in [2.75, 3.05) is 0 Å². The molecule has 1 unspecified atom stereocenters. The molecule has 0 spiro atoms. The fraction of sp³-hybridized carbons (Fsp3) is 0.538. The van der Waals surface area contributed by atoms with Crippen LogP contribution in [0.4, 0.5) is 0 Å². The molecule has 1 heterocycles. The first-order chi connectivity index (χ1) is 8.16. The van der Waals surface area contributed by atoms with E-state index < -0.39 is 0 Å². The van der Waals surface area contributed by atoms with Gasteiger partial charge in [0.1, 0.15) is 0 Å². The molecule has 0 radical (unpaired) electrons. The molecule has 0 saturated heterocycles. The number of hydrogen-bond donors (Lipinski definition) is 2. The summed E-state index contributed by atoms with van der Waals surface area (Å²) in [6.45, 7) is 1.96. The predicted molar refractivity (Wildman–Crippen MR) is 66.1 cm³/mol. The summed E-state index contributed by atoms with van der Waals surface area (Å²) >= 11 is 0. The Hall–Kier alpha value is -1.42. The molecule has 17 heavy (non-hydrogen) atoms. The second kappa shape index (κ2) is 5.27. The van der Waals surface area contributed by atoms with Gasteiger partial charge in [-0.1, -0.05) is 6.07 Å². The smallest absolute Gasteiger partial charge is 0.222 e. The van der Waals surface area contributed by atoms with E-state index in [0.29, 0.717) is 12.3 Å². The van der Waals surface area contributed by atoms with Crippen molar-refractivity contribution in [3.63, 3.8) is 0 Å². The highest BCUT2D eigenvalue weighted by Gasteiger charge is 2.29. The Labute approximate surface area is 102 Å². The Morgan fingerprint density at radius 3 is 3.00 bits per heavy atom. The van der Waals surface area contributed by atoms with Crippen LogP contribution in [-0.4, -0.2) is 16.9 Å².